The minimum absolute atomic E-state index is 0.301. The van der Waals surface area contributed by atoms with Crippen LogP contribution in [0.15, 0.2) is 34.1 Å². The van der Waals surface area contributed by atoms with Crippen LogP contribution in [0, 0.1) is 5.82 Å². The van der Waals surface area contributed by atoms with E-state index in [-0.39, 0.29) is 5.56 Å². The van der Waals surface area contributed by atoms with Crippen molar-refractivity contribution >= 4 is 33.2 Å². The molecule has 1 heterocycles. The van der Waals surface area contributed by atoms with Crippen molar-refractivity contribution in [2.45, 2.75) is 13.1 Å². The van der Waals surface area contributed by atoms with Gasteiger partial charge in [0.15, 0.2) is 0 Å². The molecular weight excluding hydrogens is 333 g/mol. The van der Waals surface area contributed by atoms with Crippen LogP contribution < -0.4 is 5.32 Å². The summed E-state index contributed by atoms with van der Waals surface area (Å²) in [7, 11) is 0. The van der Waals surface area contributed by atoms with Gasteiger partial charge in [-0.05, 0) is 45.1 Å². The van der Waals surface area contributed by atoms with Gasteiger partial charge in [-0.3, -0.25) is 0 Å². The van der Waals surface area contributed by atoms with Gasteiger partial charge < -0.3 is 10.4 Å². The van der Waals surface area contributed by atoms with Crippen LogP contribution in [-0.2, 0) is 13.1 Å². The number of nitrogens with one attached hydrogen (secondary N) is 1. The Morgan fingerprint density at radius 2 is 2.16 bits per heavy atom. The van der Waals surface area contributed by atoms with Gasteiger partial charge in [0, 0.05) is 22.4 Å². The van der Waals surface area contributed by atoms with Crippen molar-refractivity contribution in [2.24, 2.45) is 0 Å². The first kappa shape index (κ1) is 14.2. The second-order valence-corrected chi connectivity index (χ2v) is 5.77. The molecule has 0 radical (unpaired) electrons. The van der Waals surface area contributed by atoms with Crippen molar-refractivity contribution in [3.63, 3.8) is 0 Å². The van der Waals surface area contributed by atoms with Crippen LogP contribution >= 0.6 is 27.3 Å². The highest BCUT2D eigenvalue weighted by Gasteiger charge is 2.10. The maximum absolute atomic E-state index is 13.5. The van der Waals surface area contributed by atoms with Gasteiger partial charge in [0.25, 0.3) is 0 Å². The van der Waals surface area contributed by atoms with Gasteiger partial charge in [-0.1, -0.05) is 6.07 Å². The number of carbonyl (C=O) groups is 1. The van der Waals surface area contributed by atoms with Crippen LogP contribution in [0.4, 0.5) is 4.39 Å². The van der Waals surface area contributed by atoms with E-state index in [0.717, 1.165) is 10.0 Å². The van der Waals surface area contributed by atoms with Gasteiger partial charge in [-0.15, -0.1) is 11.3 Å². The SMILES string of the molecule is O=C(O)c1ccc(CNCc2sccc2Br)cc1F. The van der Waals surface area contributed by atoms with Crippen molar-refractivity contribution in [1.82, 2.24) is 5.32 Å². The summed E-state index contributed by atoms with van der Waals surface area (Å²) in [4.78, 5) is 11.8. The largest absolute Gasteiger partial charge is 0.478 e. The molecule has 1 aromatic carbocycles. The highest BCUT2D eigenvalue weighted by atomic mass is 79.9. The second kappa shape index (κ2) is 6.27. The average molecular weight is 344 g/mol. The average Bonchev–Trinajstić information content (AvgIpc) is 2.75. The van der Waals surface area contributed by atoms with Gasteiger partial charge in [-0.2, -0.15) is 0 Å². The van der Waals surface area contributed by atoms with Gasteiger partial charge in [0.1, 0.15) is 5.82 Å². The van der Waals surface area contributed by atoms with E-state index in [1.807, 2.05) is 11.4 Å². The monoisotopic (exact) mass is 343 g/mol. The summed E-state index contributed by atoms with van der Waals surface area (Å²) >= 11 is 5.07. The van der Waals surface area contributed by atoms with Crippen molar-refractivity contribution in [3.8, 4) is 0 Å². The molecule has 0 aliphatic carbocycles. The molecule has 6 heteroatoms. The Balaban J connectivity index is 1.95. The van der Waals surface area contributed by atoms with E-state index in [0.29, 0.717) is 13.1 Å². The van der Waals surface area contributed by atoms with E-state index >= 15 is 0 Å². The highest BCUT2D eigenvalue weighted by molar-refractivity contribution is 9.10. The molecule has 100 valence electrons. The number of aromatic carboxylic acids is 1. The first-order valence-electron chi connectivity index (χ1n) is 5.52. The van der Waals surface area contributed by atoms with Crippen LogP contribution in [0.3, 0.4) is 0 Å². The van der Waals surface area contributed by atoms with Crippen LogP contribution in [0.1, 0.15) is 20.8 Å². The summed E-state index contributed by atoms with van der Waals surface area (Å²) in [6, 6.07) is 6.13. The molecule has 0 amide bonds. The van der Waals surface area contributed by atoms with Gasteiger partial charge >= 0.3 is 5.97 Å². The molecule has 0 bridgehead atoms. The predicted molar refractivity (Wildman–Crippen MR) is 75.9 cm³/mol. The molecule has 0 fully saturated rings. The summed E-state index contributed by atoms with van der Waals surface area (Å²) < 4.78 is 14.5. The molecule has 2 aromatic rings. The first-order valence-corrected chi connectivity index (χ1v) is 7.19. The van der Waals surface area contributed by atoms with E-state index in [2.05, 4.69) is 21.2 Å². The Morgan fingerprint density at radius 1 is 1.37 bits per heavy atom. The molecule has 19 heavy (non-hydrogen) atoms. The highest BCUT2D eigenvalue weighted by Crippen LogP contribution is 2.22. The van der Waals surface area contributed by atoms with E-state index in [9.17, 15) is 9.18 Å². The standard InChI is InChI=1S/C13H11BrFNO2S/c14-10-3-4-19-12(10)7-16-6-8-1-2-9(13(17)18)11(15)5-8/h1-5,16H,6-7H2,(H,17,18). The minimum atomic E-state index is -1.25. The van der Waals surface area contributed by atoms with Crippen molar-refractivity contribution in [3.05, 3.63) is 55.9 Å². The Labute approximate surface area is 122 Å². The molecule has 0 saturated carbocycles. The molecular formula is C13H11BrFNO2S. The van der Waals surface area contributed by atoms with E-state index in [1.165, 1.54) is 17.0 Å². The number of rotatable bonds is 5. The molecule has 0 spiro atoms. The fraction of sp³-hybridized carbons (Fsp3) is 0.154. The van der Waals surface area contributed by atoms with E-state index < -0.39 is 11.8 Å². The molecule has 0 atom stereocenters. The molecule has 0 aliphatic heterocycles. The number of carboxylic acids is 1. The molecule has 1 aromatic heterocycles. The van der Waals surface area contributed by atoms with Crippen LogP contribution in [0.2, 0.25) is 0 Å². The third kappa shape index (κ3) is 3.62. The van der Waals surface area contributed by atoms with E-state index in [4.69, 9.17) is 5.11 Å². The molecule has 0 aliphatic rings. The van der Waals surface area contributed by atoms with Crippen molar-refractivity contribution < 1.29 is 14.3 Å². The van der Waals surface area contributed by atoms with Gasteiger partial charge in [0.05, 0.1) is 5.56 Å². The molecule has 0 unspecified atom stereocenters. The van der Waals surface area contributed by atoms with Crippen LogP contribution in [-0.4, -0.2) is 11.1 Å². The Morgan fingerprint density at radius 3 is 2.74 bits per heavy atom. The fourth-order valence-corrected chi connectivity index (χ4v) is 3.08. The maximum Gasteiger partial charge on any atom is 0.338 e. The predicted octanol–water partition coefficient (Wildman–Crippen LogP) is 3.64. The quantitative estimate of drug-likeness (QED) is 0.871. The zero-order valence-electron chi connectivity index (χ0n) is 9.82. The third-order valence-electron chi connectivity index (χ3n) is 2.57. The van der Waals surface area contributed by atoms with Crippen molar-refractivity contribution in [1.29, 1.82) is 0 Å². The van der Waals surface area contributed by atoms with Gasteiger partial charge in [-0.25, -0.2) is 9.18 Å². The Kier molecular flexibility index (Phi) is 4.68. The summed E-state index contributed by atoms with van der Waals surface area (Å²) in [5.41, 5.74) is 0.417. The lowest BCUT2D eigenvalue weighted by atomic mass is 10.1. The summed E-state index contributed by atoms with van der Waals surface area (Å²) in [5.74, 6) is -1.95. The van der Waals surface area contributed by atoms with Crippen molar-refractivity contribution in [2.75, 3.05) is 0 Å². The smallest absolute Gasteiger partial charge is 0.338 e. The maximum atomic E-state index is 13.5. The topological polar surface area (TPSA) is 49.3 Å². The molecule has 3 nitrogen and oxygen atoms in total. The van der Waals surface area contributed by atoms with Crippen LogP contribution in [0.25, 0.3) is 0 Å². The summed E-state index contributed by atoms with van der Waals surface area (Å²) in [6.45, 7) is 1.17. The Hall–Kier alpha value is -1.24. The third-order valence-corrected chi connectivity index (χ3v) is 4.50. The zero-order valence-corrected chi connectivity index (χ0v) is 12.2. The number of hydrogen-bond donors (Lipinski definition) is 2. The fourth-order valence-electron chi connectivity index (χ4n) is 1.61. The number of halogens is 2. The lowest BCUT2D eigenvalue weighted by Crippen LogP contribution is -2.12. The Bertz CT molecular complexity index is 600. The van der Waals surface area contributed by atoms with Gasteiger partial charge in [0.2, 0.25) is 0 Å². The van der Waals surface area contributed by atoms with Crippen LogP contribution in [0.5, 0.6) is 0 Å². The molecule has 2 rings (SSSR count). The summed E-state index contributed by atoms with van der Waals surface area (Å²) in [6.07, 6.45) is 0. The normalized spacial score (nSPS) is 10.6. The van der Waals surface area contributed by atoms with E-state index in [1.54, 1.807) is 17.4 Å². The first-order chi connectivity index (χ1) is 9.08. The number of hydrogen-bond acceptors (Lipinski definition) is 3. The minimum Gasteiger partial charge on any atom is -0.478 e. The second-order valence-electron chi connectivity index (χ2n) is 3.91. The lowest BCUT2D eigenvalue weighted by Gasteiger charge is -2.05. The molecule has 2 N–H and O–H groups in total. The zero-order chi connectivity index (χ0) is 13.8. The number of carboxylic acid groups (broad SMARTS) is 1. The lowest BCUT2D eigenvalue weighted by molar-refractivity contribution is 0.0692. The summed E-state index contributed by atoms with van der Waals surface area (Å²) in [5, 5.41) is 13.9. The molecule has 0 saturated heterocycles. The number of benzene rings is 1. The number of thiophene rings is 1.